The minimum Gasteiger partial charge on any atom is -0.375 e. The van der Waals surface area contributed by atoms with Crippen molar-refractivity contribution in [3.05, 3.63) is 34.3 Å². The van der Waals surface area contributed by atoms with Crippen molar-refractivity contribution in [1.29, 1.82) is 0 Å². The van der Waals surface area contributed by atoms with Gasteiger partial charge in [0.2, 0.25) is 5.13 Å². The number of rotatable bonds is 7. The molecule has 3 N–H and O–H groups in total. The average Bonchev–Trinajstić information content (AvgIpc) is 2.94. The fourth-order valence-electron chi connectivity index (χ4n) is 2.08. The van der Waals surface area contributed by atoms with Crippen LogP contribution in [0.15, 0.2) is 34.5 Å². The predicted molar refractivity (Wildman–Crippen MR) is 98.3 cm³/mol. The number of hydrogen-bond acceptors (Lipinski definition) is 7. The van der Waals surface area contributed by atoms with Crippen molar-refractivity contribution < 1.29 is 19.5 Å². The Hall–Kier alpha value is -1.35. The van der Waals surface area contributed by atoms with E-state index in [-0.39, 0.29) is 15.2 Å². The molecule has 25 heavy (non-hydrogen) atoms. The SMILES string of the molecule is CCN(CC)c1ccc(N=Nc2nc(Cl)c(C(O)P(=O)(O)O)s2)cc1. The summed E-state index contributed by atoms with van der Waals surface area (Å²) in [5.41, 5.74) is 1.67. The molecule has 0 saturated carbocycles. The van der Waals surface area contributed by atoms with Gasteiger partial charge in [-0.05, 0) is 38.1 Å². The largest absolute Gasteiger partial charge is 0.375 e. The van der Waals surface area contributed by atoms with Crippen molar-refractivity contribution in [2.75, 3.05) is 18.0 Å². The van der Waals surface area contributed by atoms with Crippen LogP contribution in [0.2, 0.25) is 5.15 Å². The normalized spacial score (nSPS) is 13.4. The maximum absolute atomic E-state index is 11.1. The standard InChI is InChI=1S/C14H18ClN4O4PS/c1-3-19(4-2)10-7-5-9(6-8-10)17-18-14-16-12(15)11(25-14)13(20)24(21,22)23/h5-8,13,20H,3-4H2,1-2H3,(H2,21,22,23). The molecule has 0 aliphatic carbocycles. The molecule has 1 heterocycles. The number of thiazole rings is 1. The number of anilines is 1. The Morgan fingerprint density at radius 3 is 2.36 bits per heavy atom. The van der Waals surface area contributed by atoms with Crippen LogP contribution < -0.4 is 4.90 Å². The number of nitrogens with zero attached hydrogens (tertiary/aromatic N) is 4. The summed E-state index contributed by atoms with van der Waals surface area (Å²) in [6.07, 6.45) is 0. The van der Waals surface area contributed by atoms with Crippen molar-refractivity contribution in [2.24, 2.45) is 10.2 Å². The van der Waals surface area contributed by atoms with E-state index in [0.29, 0.717) is 5.69 Å². The molecule has 1 aromatic heterocycles. The quantitative estimate of drug-likeness (QED) is 0.469. The highest BCUT2D eigenvalue weighted by atomic mass is 35.5. The predicted octanol–water partition coefficient (Wildman–Crippen LogP) is 4.23. The van der Waals surface area contributed by atoms with E-state index in [0.717, 1.165) is 30.1 Å². The maximum Gasteiger partial charge on any atom is 0.359 e. The van der Waals surface area contributed by atoms with Gasteiger partial charge in [-0.2, -0.15) is 0 Å². The molecule has 0 aliphatic rings. The Morgan fingerprint density at radius 1 is 1.24 bits per heavy atom. The minimum atomic E-state index is -4.73. The zero-order chi connectivity index (χ0) is 18.6. The van der Waals surface area contributed by atoms with Crippen molar-refractivity contribution in [3.63, 3.8) is 0 Å². The molecule has 8 nitrogen and oxygen atoms in total. The second kappa shape index (κ2) is 8.35. The molecule has 0 fully saturated rings. The van der Waals surface area contributed by atoms with Gasteiger partial charge in [-0.15, -0.1) is 10.2 Å². The summed E-state index contributed by atoms with van der Waals surface area (Å²) in [6, 6.07) is 7.47. The third-order valence-electron chi connectivity index (χ3n) is 3.38. The number of aliphatic hydroxyl groups is 1. The first kappa shape index (κ1) is 20.0. The van der Waals surface area contributed by atoms with Crippen molar-refractivity contribution in [2.45, 2.75) is 19.7 Å². The van der Waals surface area contributed by atoms with Crippen LogP contribution in [0.3, 0.4) is 0 Å². The second-order valence-electron chi connectivity index (χ2n) is 5.00. The van der Waals surface area contributed by atoms with E-state index in [1.807, 2.05) is 12.1 Å². The van der Waals surface area contributed by atoms with Crippen LogP contribution >= 0.6 is 30.5 Å². The van der Waals surface area contributed by atoms with E-state index in [4.69, 9.17) is 21.4 Å². The number of aliphatic hydroxyl groups excluding tert-OH is 1. The number of hydrogen-bond donors (Lipinski definition) is 3. The Kier molecular flexibility index (Phi) is 6.67. The van der Waals surface area contributed by atoms with Gasteiger partial charge in [0.05, 0.1) is 10.6 Å². The molecule has 1 unspecified atom stereocenters. The molecule has 0 saturated heterocycles. The first-order chi connectivity index (χ1) is 11.8. The molecule has 0 bridgehead atoms. The molecule has 136 valence electrons. The maximum atomic E-state index is 11.1. The van der Waals surface area contributed by atoms with Gasteiger partial charge in [-0.25, -0.2) is 4.98 Å². The molecule has 0 aliphatic heterocycles. The Morgan fingerprint density at radius 2 is 1.84 bits per heavy atom. The zero-order valence-electron chi connectivity index (χ0n) is 13.6. The molecule has 0 radical (unpaired) electrons. The molecule has 1 atom stereocenters. The lowest BCUT2D eigenvalue weighted by atomic mass is 10.2. The Labute approximate surface area is 154 Å². The number of benzene rings is 1. The summed E-state index contributed by atoms with van der Waals surface area (Å²) in [6.45, 7) is 5.96. The van der Waals surface area contributed by atoms with Crippen molar-refractivity contribution >= 4 is 47.0 Å². The highest BCUT2D eigenvalue weighted by molar-refractivity contribution is 7.52. The summed E-state index contributed by atoms with van der Waals surface area (Å²) in [5, 5.41) is 17.4. The first-order valence-electron chi connectivity index (χ1n) is 7.42. The van der Waals surface area contributed by atoms with E-state index < -0.39 is 13.4 Å². The monoisotopic (exact) mass is 404 g/mol. The molecular formula is C14H18ClN4O4PS. The van der Waals surface area contributed by atoms with Gasteiger partial charge < -0.3 is 19.8 Å². The average molecular weight is 405 g/mol. The van der Waals surface area contributed by atoms with Crippen LogP contribution in [0.1, 0.15) is 24.6 Å². The van der Waals surface area contributed by atoms with Gasteiger partial charge in [0.25, 0.3) is 0 Å². The molecule has 11 heteroatoms. The summed E-state index contributed by atoms with van der Waals surface area (Å²) in [7, 11) is -4.73. The van der Waals surface area contributed by atoms with Crippen LogP contribution in [-0.2, 0) is 4.57 Å². The van der Waals surface area contributed by atoms with Crippen LogP contribution in [-0.4, -0.2) is 33.0 Å². The summed E-state index contributed by atoms with van der Waals surface area (Å²) < 4.78 is 11.1. The Bertz CT molecular complexity index is 789. The van der Waals surface area contributed by atoms with Gasteiger partial charge in [-0.1, -0.05) is 22.9 Å². The number of azo groups is 1. The highest BCUT2D eigenvalue weighted by Gasteiger charge is 2.32. The second-order valence-corrected chi connectivity index (χ2v) is 8.04. The van der Waals surface area contributed by atoms with E-state index in [1.165, 1.54) is 0 Å². The minimum absolute atomic E-state index is 0.0975. The lowest BCUT2D eigenvalue weighted by Gasteiger charge is -2.20. The van der Waals surface area contributed by atoms with Gasteiger partial charge >= 0.3 is 7.60 Å². The zero-order valence-corrected chi connectivity index (χ0v) is 16.0. The fourth-order valence-corrected chi connectivity index (χ4v) is 4.15. The smallest absolute Gasteiger partial charge is 0.359 e. The molecule has 0 spiro atoms. The van der Waals surface area contributed by atoms with E-state index in [9.17, 15) is 9.67 Å². The first-order valence-corrected chi connectivity index (χ1v) is 10.3. The molecule has 0 amide bonds. The van der Waals surface area contributed by atoms with Crippen LogP contribution in [0.5, 0.6) is 0 Å². The lowest BCUT2D eigenvalue weighted by Crippen LogP contribution is -2.21. The summed E-state index contributed by atoms with van der Waals surface area (Å²) in [5.74, 6) is -2.02. The summed E-state index contributed by atoms with van der Waals surface area (Å²) >= 11 is 6.58. The van der Waals surface area contributed by atoms with Crippen LogP contribution in [0.25, 0.3) is 0 Å². The van der Waals surface area contributed by atoms with Gasteiger partial charge in [0.1, 0.15) is 5.15 Å². The third kappa shape index (κ3) is 5.07. The lowest BCUT2D eigenvalue weighted by molar-refractivity contribution is 0.208. The van der Waals surface area contributed by atoms with Crippen molar-refractivity contribution in [3.8, 4) is 0 Å². The topological polar surface area (TPSA) is 119 Å². The summed E-state index contributed by atoms with van der Waals surface area (Å²) in [4.78, 5) is 23.9. The number of halogens is 1. The van der Waals surface area contributed by atoms with Crippen LogP contribution in [0.4, 0.5) is 16.5 Å². The van der Waals surface area contributed by atoms with E-state index in [1.54, 1.807) is 12.1 Å². The van der Waals surface area contributed by atoms with Gasteiger partial charge in [0, 0.05) is 18.8 Å². The number of aromatic nitrogens is 1. The highest BCUT2D eigenvalue weighted by Crippen LogP contribution is 2.53. The van der Waals surface area contributed by atoms with Gasteiger partial charge in [0.15, 0.2) is 5.85 Å². The molecular weight excluding hydrogens is 387 g/mol. The van der Waals surface area contributed by atoms with E-state index >= 15 is 0 Å². The van der Waals surface area contributed by atoms with Gasteiger partial charge in [-0.3, -0.25) is 4.57 Å². The molecule has 2 aromatic rings. The molecule has 1 aromatic carbocycles. The molecule has 2 rings (SSSR count). The van der Waals surface area contributed by atoms with Crippen LogP contribution in [0, 0.1) is 0 Å². The third-order valence-corrected chi connectivity index (χ3v) is 5.84. The van der Waals surface area contributed by atoms with E-state index in [2.05, 4.69) is 34.0 Å². The van der Waals surface area contributed by atoms with Crippen molar-refractivity contribution in [1.82, 2.24) is 4.98 Å². The fraction of sp³-hybridized carbons (Fsp3) is 0.357. The Balaban J connectivity index is 2.16.